The number of anilines is 1. The third-order valence-electron chi connectivity index (χ3n) is 5.88. The Labute approximate surface area is 176 Å². The van der Waals surface area contributed by atoms with Crippen LogP contribution < -0.4 is 5.32 Å². The molecule has 0 spiro atoms. The van der Waals surface area contributed by atoms with Crippen molar-refractivity contribution in [3.8, 4) is 0 Å². The van der Waals surface area contributed by atoms with E-state index in [1.165, 1.54) is 6.92 Å². The summed E-state index contributed by atoms with van der Waals surface area (Å²) >= 11 is 0. The van der Waals surface area contributed by atoms with Crippen LogP contribution in [0.5, 0.6) is 0 Å². The van der Waals surface area contributed by atoms with Crippen LogP contribution in [0.4, 0.5) is 5.69 Å². The summed E-state index contributed by atoms with van der Waals surface area (Å²) in [5, 5.41) is 2.83. The molecule has 2 aliphatic rings. The van der Waals surface area contributed by atoms with Crippen LogP contribution in [-0.2, 0) is 36.8 Å². The average Bonchev–Trinajstić information content (AvgIpc) is 3.02. The molecule has 3 amide bonds. The van der Waals surface area contributed by atoms with Gasteiger partial charge in [0.15, 0.2) is 6.61 Å². The second-order valence-electron chi connectivity index (χ2n) is 7.69. The van der Waals surface area contributed by atoms with E-state index in [9.17, 15) is 19.2 Å². The monoisotopic (exact) mass is 412 g/mol. The quantitative estimate of drug-likeness (QED) is 0.422. The number of ether oxygens (including phenoxy) is 1. The molecule has 1 fully saturated rings. The van der Waals surface area contributed by atoms with Gasteiger partial charge < -0.3 is 10.1 Å². The minimum atomic E-state index is -1.06. The van der Waals surface area contributed by atoms with Gasteiger partial charge in [-0.25, -0.2) is 4.79 Å². The molecule has 1 aliphatic carbocycles. The van der Waals surface area contributed by atoms with E-state index in [-0.39, 0.29) is 11.8 Å². The van der Waals surface area contributed by atoms with Gasteiger partial charge in [0.25, 0.3) is 5.91 Å². The molecule has 3 atom stereocenters. The van der Waals surface area contributed by atoms with Gasteiger partial charge >= 0.3 is 5.97 Å². The van der Waals surface area contributed by atoms with E-state index in [1.54, 1.807) is 0 Å². The number of esters is 1. The average molecular weight is 412 g/mol. The number of rotatable bonds is 7. The molecule has 1 aromatic carbocycles. The van der Waals surface area contributed by atoms with Crippen LogP contribution in [-0.4, -0.2) is 41.2 Å². The molecule has 7 heteroatoms. The van der Waals surface area contributed by atoms with Crippen LogP contribution in [0.2, 0.25) is 0 Å². The minimum Gasteiger partial charge on any atom is -0.454 e. The van der Waals surface area contributed by atoms with E-state index in [0.29, 0.717) is 12.8 Å². The summed E-state index contributed by atoms with van der Waals surface area (Å²) in [7, 11) is 0. The van der Waals surface area contributed by atoms with Crippen molar-refractivity contribution in [2.75, 3.05) is 11.9 Å². The minimum absolute atomic E-state index is 0.340. The lowest BCUT2D eigenvalue weighted by Gasteiger charge is -2.21. The number of carbonyl (C=O) groups is 4. The van der Waals surface area contributed by atoms with Crippen LogP contribution >= 0.6 is 0 Å². The van der Waals surface area contributed by atoms with Gasteiger partial charge in [0.2, 0.25) is 11.8 Å². The zero-order chi connectivity index (χ0) is 21.8. The van der Waals surface area contributed by atoms with Crippen LogP contribution in [0.25, 0.3) is 0 Å². The van der Waals surface area contributed by atoms with E-state index in [1.807, 2.05) is 44.2 Å². The number of fused-ring (bicyclic) bond motifs is 1. The molecule has 1 heterocycles. The summed E-state index contributed by atoms with van der Waals surface area (Å²) in [4.78, 5) is 51.1. The molecule has 0 radical (unpaired) electrons. The Morgan fingerprint density at radius 3 is 2.10 bits per heavy atom. The SMILES string of the molecule is CCc1cccc(CC)c1NC(=O)COC(=O)[C@H](C)N1C(=O)[C@H]2CC=CC[C@@H]2C1=O. The molecule has 160 valence electrons. The van der Waals surface area contributed by atoms with Gasteiger partial charge in [-0.05, 0) is 43.7 Å². The number of allylic oxidation sites excluding steroid dienone is 2. The normalized spacial score (nSPS) is 21.4. The van der Waals surface area contributed by atoms with Crippen molar-refractivity contribution < 1.29 is 23.9 Å². The molecule has 1 aliphatic heterocycles. The second kappa shape index (κ2) is 9.24. The Kier molecular flexibility index (Phi) is 6.70. The Hall–Kier alpha value is -2.96. The van der Waals surface area contributed by atoms with Gasteiger partial charge in [-0.1, -0.05) is 44.2 Å². The lowest BCUT2D eigenvalue weighted by Crippen LogP contribution is -2.45. The maximum atomic E-state index is 12.6. The fourth-order valence-corrected chi connectivity index (χ4v) is 4.15. The zero-order valence-electron chi connectivity index (χ0n) is 17.6. The van der Waals surface area contributed by atoms with Gasteiger partial charge in [-0.15, -0.1) is 0 Å². The van der Waals surface area contributed by atoms with Gasteiger partial charge in [0.1, 0.15) is 6.04 Å². The van der Waals surface area contributed by atoms with Crippen LogP contribution in [0, 0.1) is 11.8 Å². The molecule has 1 saturated heterocycles. The first kappa shape index (κ1) is 21.7. The molecule has 7 nitrogen and oxygen atoms in total. The zero-order valence-corrected chi connectivity index (χ0v) is 17.6. The van der Waals surface area contributed by atoms with Gasteiger partial charge in [-0.3, -0.25) is 19.3 Å². The fraction of sp³-hybridized carbons (Fsp3) is 0.478. The summed E-state index contributed by atoms with van der Waals surface area (Å²) in [5.41, 5.74) is 2.76. The molecule has 3 rings (SSSR count). The van der Waals surface area contributed by atoms with Gasteiger partial charge in [-0.2, -0.15) is 0 Å². The number of hydrogen-bond acceptors (Lipinski definition) is 5. The molecule has 0 saturated carbocycles. The maximum absolute atomic E-state index is 12.6. The highest BCUT2D eigenvalue weighted by Crippen LogP contribution is 2.36. The summed E-state index contributed by atoms with van der Waals surface area (Å²) in [6.45, 7) is 4.99. The molecule has 1 N–H and O–H groups in total. The summed E-state index contributed by atoms with van der Waals surface area (Å²) in [5.74, 6) is -2.71. The van der Waals surface area contributed by atoms with Crippen molar-refractivity contribution in [1.82, 2.24) is 4.90 Å². The number of nitrogens with one attached hydrogen (secondary N) is 1. The number of imide groups is 1. The lowest BCUT2D eigenvalue weighted by atomic mass is 9.85. The van der Waals surface area contributed by atoms with Crippen LogP contribution in [0.3, 0.4) is 0 Å². The van der Waals surface area contributed by atoms with Crippen molar-refractivity contribution >= 4 is 29.4 Å². The fourth-order valence-electron chi connectivity index (χ4n) is 4.15. The predicted molar refractivity (Wildman–Crippen MR) is 111 cm³/mol. The van der Waals surface area contributed by atoms with E-state index in [2.05, 4.69) is 5.32 Å². The van der Waals surface area contributed by atoms with Crippen molar-refractivity contribution in [3.63, 3.8) is 0 Å². The molecule has 0 unspecified atom stereocenters. The third kappa shape index (κ3) is 4.15. The molecule has 0 aromatic heterocycles. The Morgan fingerprint density at radius 1 is 1.07 bits per heavy atom. The van der Waals surface area contributed by atoms with Gasteiger partial charge in [0, 0.05) is 5.69 Å². The van der Waals surface area contributed by atoms with Crippen LogP contribution in [0.1, 0.15) is 44.7 Å². The molecule has 1 aromatic rings. The summed E-state index contributed by atoms with van der Waals surface area (Å²) in [6.07, 6.45) is 6.32. The van der Waals surface area contributed by atoms with E-state index >= 15 is 0 Å². The van der Waals surface area contributed by atoms with Gasteiger partial charge in [0.05, 0.1) is 11.8 Å². The standard InChI is InChI=1S/C23H28N2O5/c1-4-15-9-8-10-16(5-2)20(15)24-19(26)13-30-23(29)14(3)25-21(27)17-11-6-7-12-18(17)22(25)28/h6-10,14,17-18H,4-5,11-13H2,1-3H3,(H,24,26)/t14-,17-,18-/m0/s1. The molecule has 30 heavy (non-hydrogen) atoms. The number of benzene rings is 1. The first-order chi connectivity index (χ1) is 14.4. The first-order valence-electron chi connectivity index (χ1n) is 10.5. The number of nitrogens with zero attached hydrogens (tertiary/aromatic N) is 1. The smallest absolute Gasteiger partial charge is 0.329 e. The predicted octanol–water partition coefficient (Wildman–Crippen LogP) is 2.63. The topological polar surface area (TPSA) is 92.8 Å². The highest BCUT2D eigenvalue weighted by molar-refractivity contribution is 6.08. The van der Waals surface area contributed by atoms with Crippen LogP contribution in [0.15, 0.2) is 30.4 Å². The lowest BCUT2D eigenvalue weighted by molar-refractivity contribution is -0.159. The number of aryl methyl sites for hydroxylation is 2. The Morgan fingerprint density at radius 2 is 1.60 bits per heavy atom. The highest BCUT2D eigenvalue weighted by Gasteiger charge is 2.50. The largest absolute Gasteiger partial charge is 0.454 e. The summed E-state index contributed by atoms with van der Waals surface area (Å²) in [6, 6.07) is 4.79. The highest BCUT2D eigenvalue weighted by atomic mass is 16.5. The number of likely N-dealkylation sites (tertiary alicyclic amines) is 1. The Bertz CT molecular complexity index is 843. The molecular formula is C23H28N2O5. The third-order valence-corrected chi connectivity index (χ3v) is 5.88. The number of amides is 3. The molecule has 0 bridgehead atoms. The van der Waals surface area contributed by atoms with Crippen molar-refractivity contribution in [3.05, 3.63) is 41.5 Å². The Balaban J connectivity index is 1.60. The number of carbonyl (C=O) groups excluding carboxylic acids is 4. The summed E-state index contributed by atoms with van der Waals surface area (Å²) < 4.78 is 5.13. The first-order valence-corrected chi connectivity index (χ1v) is 10.5. The van der Waals surface area contributed by atoms with Crippen molar-refractivity contribution in [2.45, 2.75) is 52.5 Å². The maximum Gasteiger partial charge on any atom is 0.329 e. The van der Waals surface area contributed by atoms with Crippen molar-refractivity contribution in [2.24, 2.45) is 11.8 Å². The van der Waals surface area contributed by atoms with E-state index in [4.69, 9.17) is 4.74 Å². The van der Waals surface area contributed by atoms with Crippen molar-refractivity contribution in [1.29, 1.82) is 0 Å². The second-order valence-corrected chi connectivity index (χ2v) is 7.69. The van der Waals surface area contributed by atoms with E-state index in [0.717, 1.165) is 34.6 Å². The van der Waals surface area contributed by atoms with E-state index < -0.39 is 36.4 Å². The number of hydrogen-bond donors (Lipinski definition) is 1. The molecular weight excluding hydrogens is 384 g/mol. The number of para-hydroxylation sites is 1.